The van der Waals surface area contributed by atoms with Crippen LogP contribution in [0.15, 0.2) is 0 Å². The fourth-order valence-corrected chi connectivity index (χ4v) is 1.56. The number of rotatable bonds is 1. The lowest BCUT2D eigenvalue weighted by molar-refractivity contribution is -0.305. The van der Waals surface area contributed by atoms with Crippen molar-refractivity contribution in [3.05, 3.63) is 0 Å². The summed E-state index contributed by atoms with van der Waals surface area (Å²) in [5.74, 6) is 0. The van der Waals surface area contributed by atoms with E-state index in [1.807, 2.05) is 20.8 Å². The van der Waals surface area contributed by atoms with Crippen molar-refractivity contribution in [2.45, 2.75) is 45.0 Å². The SMILES string of the molecule is CC(C)(C)OOC(=O)N1CCC2OC2C1. The lowest BCUT2D eigenvalue weighted by atomic mass is 10.1. The Kier molecular flexibility index (Phi) is 2.60. The van der Waals surface area contributed by atoms with E-state index in [4.69, 9.17) is 14.5 Å². The van der Waals surface area contributed by atoms with Gasteiger partial charge in [-0.15, -0.1) is 0 Å². The molecule has 2 rings (SSSR count). The molecule has 15 heavy (non-hydrogen) atoms. The van der Waals surface area contributed by atoms with E-state index in [1.54, 1.807) is 4.90 Å². The van der Waals surface area contributed by atoms with Gasteiger partial charge in [0.2, 0.25) is 0 Å². The monoisotopic (exact) mass is 215 g/mol. The summed E-state index contributed by atoms with van der Waals surface area (Å²) in [6, 6.07) is 0. The van der Waals surface area contributed by atoms with Crippen LogP contribution in [0.2, 0.25) is 0 Å². The van der Waals surface area contributed by atoms with Crippen LogP contribution in [0.1, 0.15) is 27.2 Å². The van der Waals surface area contributed by atoms with E-state index >= 15 is 0 Å². The molecule has 5 heteroatoms. The molecule has 2 heterocycles. The zero-order chi connectivity index (χ0) is 11.1. The molecule has 2 fully saturated rings. The highest BCUT2D eigenvalue weighted by molar-refractivity contribution is 5.67. The molecular formula is C10H17NO4. The molecule has 0 radical (unpaired) electrons. The average Bonchev–Trinajstić information content (AvgIpc) is 2.90. The predicted molar refractivity (Wildman–Crippen MR) is 52.2 cm³/mol. The quantitative estimate of drug-likeness (QED) is 0.376. The van der Waals surface area contributed by atoms with E-state index in [0.29, 0.717) is 19.2 Å². The maximum Gasteiger partial charge on any atom is 0.441 e. The Morgan fingerprint density at radius 1 is 1.40 bits per heavy atom. The first-order chi connectivity index (χ1) is 6.96. The molecule has 2 saturated heterocycles. The summed E-state index contributed by atoms with van der Waals surface area (Å²) in [4.78, 5) is 22.9. The molecule has 0 aromatic carbocycles. The molecule has 0 spiro atoms. The van der Waals surface area contributed by atoms with Crippen LogP contribution in [0, 0.1) is 0 Å². The molecule has 5 nitrogen and oxygen atoms in total. The van der Waals surface area contributed by atoms with Crippen molar-refractivity contribution >= 4 is 6.09 Å². The number of likely N-dealkylation sites (tertiary alicyclic amines) is 1. The summed E-state index contributed by atoms with van der Waals surface area (Å²) < 4.78 is 5.31. The van der Waals surface area contributed by atoms with Crippen LogP contribution in [-0.4, -0.2) is 41.9 Å². The second-order valence-electron chi connectivity index (χ2n) is 4.99. The predicted octanol–water partition coefficient (Wildman–Crippen LogP) is 1.33. The summed E-state index contributed by atoms with van der Waals surface area (Å²) in [7, 11) is 0. The number of ether oxygens (including phenoxy) is 1. The Labute approximate surface area is 89.2 Å². The number of epoxide rings is 1. The van der Waals surface area contributed by atoms with Gasteiger partial charge in [-0.25, -0.2) is 4.79 Å². The van der Waals surface area contributed by atoms with Crippen LogP contribution in [0.25, 0.3) is 0 Å². The van der Waals surface area contributed by atoms with Gasteiger partial charge in [0.1, 0.15) is 11.7 Å². The Balaban J connectivity index is 1.75. The zero-order valence-corrected chi connectivity index (χ0v) is 9.36. The van der Waals surface area contributed by atoms with Crippen molar-refractivity contribution < 1.29 is 19.3 Å². The fraction of sp³-hybridized carbons (Fsp3) is 0.900. The maximum atomic E-state index is 11.5. The standard InChI is InChI=1S/C10H17NO4/c1-10(2,3)15-14-9(12)11-5-4-7-8(6-11)13-7/h7-8H,4-6H2,1-3H3. The van der Waals surface area contributed by atoms with Crippen LogP contribution >= 0.6 is 0 Å². The van der Waals surface area contributed by atoms with Gasteiger partial charge in [0.05, 0.1) is 12.6 Å². The summed E-state index contributed by atoms with van der Waals surface area (Å²) >= 11 is 0. The van der Waals surface area contributed by atoms with Gasteiger partial charge in [-0.3, -0.25) is 4.89 Å². The summed E-state index contributed by atoms with van der Waals surface area (Å²) in [6.07, 6.45) is 1.08. The van der Waals surface area contributed by atoms with E-state index in [9.17, 15) is 4.79 Å². The Morgan fingerprint density at radius 2 is 2.13 bits per heavy atom. The van der Waals surface area contributed by atoms with E-state index in [-0.39, 0.29) is 6.10 Å². The van der Waals surface area contributed by atoms with Gasteiger partial charge >= 0.3 is 6.09 Å². The second-order valence-corrected chi connectivity index (χ2v) is 4.99. The van der Waals surface area contributed by atoms with Crippen molar-refractivity contribution in [2.75, 3.05) is 13.1 Å². The fourth-order valence-electron chi connectivity index (χ4n) is 1.56. The van der Waals surface area contributed by atoms with Gasteiger partial charge in [0.15, 0.2) is 0 Å². The largest absolute Gasteiger partial charge is 0.441 e. The molecule has 2 aliphatic heterocycles. The van der Waals surface area contributed by atoms with Gasteiger partial charge in [0.25, 0.3) is 0 Å². The molecule has 0 aromatic rings. The maximum absolute atomic E-state index is 11.5. The molecule has 1 amide bonds. The minimum atomic E-state index is -0.468. The van der Waals surface area contributed by atoms with E-state index in [1.165, 1.54) is 0 Å². The van der Waals surface area contributed by atoms with Crippen LogP contribution in [-0.2, 0) is 14.5 Å². The molecule has 0 aliphatic carbocycles. The zero-order valence-electron chi connectivity index (χ0n) is 9.36. The summed E-state index contributed by atoms with van der Waals surface area (Å²) in [5.41, 5.74) is -0.468. The third-order valence-corrected chi connectivity index (χ3v) is 2.39. The Morgan fingerprint density at radius 3 is 2.73 bits per heavy atom. The van der Waals surface area contributed by atoms with Crippen LogP contribution in [0.5, 0.6) is 0 Å². The molecule has 2 aliphatic rings. The normalized spacial score (nSPS) is 29.7. The van der Waals surface area contributed by atoms with Crippen LogP contribution in [0.3, 0.4) is 0 Å². The smallest absolute Gasteiger partial charge is 0.368 e. The molecule has 2 unspecified atom stereocenters. The lowest BCUT2D eigenvalue weighted by Crippen LogP contribution is -2.40. The molecule has 86 valence electrons. The minimum Gasteiger partial charge on any atom is -0.368 e. The second kappa shape index (κ2) is 3.64. The van der Waals surface area contributed by atoms with Crippen molar-refractivity contribution in [3.63, 3.8) is 0 Å². The van der Waals surface area contributed by atoms with Gasteiger partial charge in [-0.2, -0.15) is 4.89 Å². The highest BCUT2D eigenvalue weighted by Gasteiger charge is 2.45. The number of amides is 1. The van der Waals surface area contributed by atoms with Crippen molar-refractivity contribution in [1.29, 1.82) is 0 Å². The molecule has 0 aromatic heterocycles. The van der Waals surface area contributed by atoms with Gasteiger partial charge < -0.3 is 9.64 Å². The van der Waals surface area contributed by atoms with E-state index in [2.05, 4.69) is 0 Å². The lowest BCUT2D eigenvalue weighted by Gasteiger charge is -2.24. The number of piperidine rings is 1. The number of carbonyl (C=O) groups is 1. The number of hydrogen-bond donors (Lipinski definition) is 0. The number of hydrogen-bond acceptors (Lipinski definition) is 4. The topological polar surface area (TPSA) is 51.3 Å². The molecule has 0 saturated carbocycles. The number of nitrogens with zero attached hydrogens (tertiary/aromatic N) is 1. The first-order valence-electron chi connectivity index (χ1n) is 5.26. The van der Waals surface area contributed by atoms with Crippen molar-refractivity contribution in [3.8, 4) is 0 Å². The van der Waals surface area contributed by atoms with Crippen LogP contribution < -0.4 is 0 Å². The summed E-state index contributed by atoms with van der Waals surface area (Å²) in [5, 5.41) is 0. The molecule has 2 atom stereocenters. The van der Waals surface area contributed by atoms with Gasteiger partial charge in [-0.05, 0) is 27.2 Å². The molecular weight excluding hydrogens is 198 g/mol. The van der Waals surface area contributed by atoms with Gasteiger partial charge in [-0.1, -0.05) is 0 Å². The third-order valence-electron chi connectivity index (χ3n) is 2.39. The Bertz CT molecular complexity index is 261. The first-order valence-corrected chi connectivity index (χ1v) is 5.26. The third kappa shape index (κ3) is 2.82. The van der Waals surface area contributed by atoms with Crippen LogP contribution in [0.4, 0.5) is 4.79 Å². The molecule has 0 bridgehead atoms. The number of carbonyl (C=O) groups excluding carboxylic acids is 1. The highest BCUT2D eigenvalue weighted by Crippen LogP contribution is 2.30. The van der Waals surface area contributed by atoms with E-state index < -0.39 is 11.7 Å². The number of fused-ring (bicyclic) bond motifs is 1. The Hall–Kier alpha value is -0.810. The van der Waals surface area contributed by atoms with Crippen molar-refractivity contribution in [1.82, 2.24) is 4.90 Å². The van der Waals surface area contributed by atoms with E-state index in [0.717, 1.165) is 6.42 Å². The first kappa shape index (κ1) is 10.7. The van der Waals surface area contributed by atoms with Crippen molar-refractivity contribution in [2.24, 2.45) is 0 Å². The summed E-state index contributed by atoms with van der Waals surface area (Å²) in [6.45, 7) is 6.80. The van der Waals surface area contributed by atoms with Gasteiger partial charge in [0, 0.05) is 6.54 Å². The average molecular weight is 215 g/mol. The molecule has 0 N–H and O–H groups in total. The highest BCUT2D eigenvalue weighted by atomic mass is 17.2. The minimum absolute atomic E-state index is 0.223.